The van der Waals surface area contributed by atoms with Crippen LogP contribution in [-0.2, 0) is 0 Å². The molecule has 0 aromatic heterocycles. The zero-order chi connectivity index (χ0) is 24.6. The fourth-order valence-electron chi connectivity index (χ4n) is 4.75. The Hall–Kier alpha value is -0.200. The maximum absolute atomic E-state index is 3.33. The molecule has 0 aliphatic carbocycles. The van der Waals surface area contributed by atoms with Crippen LogP contribution in [0, 0.1) is 0 Å². The summed E-state index contributed by atoms with van der Waals surface area (Å²) in [4.78, 5) is 10.1. The molecule has 0 aromatic carbocycles. The van der Waals surface area contributed by atoms with E-state index < -0.39 is 0 Å². The van der Waals surface area contributed by atoms with Gasteiger partial charge < -0.3 is 20.0 Å². The molecular formula is C28H61N5. The van der Waals surface area contributed by atoms with Gasteiger partial charge in [0, 0.05) is 50.3 Å². The molecule has 0 unspecified atom stereocenters. The summed E-state index contributed by atoms with van der Waals surface area (Å²) in [6.45, 7) is 30.9. The Bertz CT molecular complexity index is 408. The van der Waals surface area contributed by atoms with E-state index in [1.165, 1.54) is 90.9 Å². The molecule has 4 aliphatic rings. The van der Waals surface area contributed by atoms with Crippen molar-refractivity contribution in [2.75, 3.05) is 65.4 Å². The van der Waals surface area contributed by atoms with Crippen LogP contribution in [0.15, 0.2) is 0 Å². The predicted octanol–water partition coefficient (Wildman–Crippen LogP) is 4.77. The van der Waals surface area contributed by atoms with Gasteiger partial charge in [0.1, 0.15) is 0 Å². The minimum absolute atomic E-state index is 0.729. The molecule has 0 aromatic rings. The summed E-state index contributed by atoms with van der Waals surface area (Å²) in [6.07, 6.45) is 8.52. The monoisotopic (exact) mass is 467 g/mol. The first kappa shape index (κ1) is 30.8. The molecule has 1 N–H and O–H groups in total. The minimum atomic E-state index is 0.729. The van der Waals surface area contributed by atoms with Crippen molar-refractivity contribution in [2.45, 2.75) is 118 Å². The van der Waals surface area contributed by atoms with E-state index in [1.54, 1.807) is 0 Å². The van der Waals surface area contributed by atoms with Crippen LogP contribution >= 0.6 is 0 Å². The van der Waals surface area contributed by atoms with Crippen molar-refractivity contribution in [3.05, 3.63) is 0 Å². The van der Waals surface area contributed by atoms with Crippen LogP contribution in [0.3, 0.4) is 0 Å². The number of likely N-dealkylation sites (tertiary alicyclic amines) is 3. The predicted molar refractivity (Wildman–Crippen MR) is 147 cm³/mol. The van der Waals surface area contributed by atoms with E-state index in [1.807, 2.05) is 0 Å². The standard InChI is InChI=1S/C8H17N.C7H16N2.C7H15N.C6H13N/c1-8(2)9-6-4-3-5-7-9;1-7(2)9-5-3-8-4-6-9;1-7(2)8-5-3-4-6-8;1-6(2)7-4-3-5-7/h8H,3-7H2,1-2H3;7-8H,3-6H2,1-2H3;7H,3-6H2,1-2H3;6H,3-5H2,1-2H3. The molecule has 0 amide bonds. The number of piperidine rings is 1. The van der Waals surface area contributed by atoms with Gasteiger partial charge in [-0.25, -0.2) is 0 Å². The lowest BCUT2D eigenvalue weighted by Gasteiger charge is -2.34. The summed E-state index contributed by atoms with van der Waals surface area (Å²) in [5, 5.41) is 3.33. The van der Waals surface area contributed by atoms with Crippen molar-refractivity contribution < 1.29 is 0 Å². The van der Waals surface area contributed by atoms with Crippen LogP contribution < -0.4 is 5.32 Å². The second kappa shape index (κ2) is 18.1. The Kier molecular flexibility index (Phi) is 16.9. The SMILES string of the molecule is CC(C)N1CCC1.CC(C)N1CCCC1.CC(C)N1CCCCC1.CC(C)N1CCNCC1. The lowest BCUT2D eigenvalue weighted by molar-refractivity contribution is 0.138. The van der Waals surface area contributed by atoms with Crippen molar-refractivity contribution in [2.24, 2.45) is 0 Å². The van der Waals surface area contributed by atoms with E-state index >= 15 is 0 Å². The molecule has 0 atom stereocenters. The van der Waals surface area contributed by atoms with E-state index in [0.29, 0.717) is 0 Å². The fourth-order valence-corrected chi connectivity index (χ4v) is 4.75. The lowest BCUT2D eigenvalue weighted by Crippen LogP contribution is -2.46. The highest BCUT2D eigenvalue weighted by atomic mass is 15.2. The number of nitrogens with one attached hydrogen (secondary N) is 1. The zero-order valence-electron chi connectivity index (χ0n) is 23.9. The fraction of sp³-hybridized carbons (Fsp3) is 1.00. The highest BCUT2D eigenvalue weighted by Gasteiger charge is 2.15. The second-order valence-electron chi connectivity index (χ2n) is 11.4. The molecule has 4 saturated heterocycles. The molecule has 33 heavy (non-hydrogen) atoms. The molecule has 0 saturated carbocycles. The van der Waals surface area contributed by atoms with Crippen LogP contribution in [0.2, 0.25) is 0 Å². The summed E-state index contributed by atoms with van der Waals surface area (Å²) in [6, 6.07) is 3.06. The first-order valence-electron chi connectivity index (χ1n) is 14.4. The van der Waals surface area contributed by atoms with E-state index in [0.717, 1.165) is 37.3 Å². The number of nitrogens with zero attached hydrogens (tertiary/aromatic N) is 4. The zero-order valence-corrected chi connectivity index (χ0v) is 23.9. The third-order valence-electron chi connectivity index (χ3n) is 7.49. The average molecular weight is 468 g/mol. The molecule has 0 radical (unpaired) electrons. The summed E-state index contributed by atoms with van der Waals surface area (Å²) in [5.74, 6) is 0. The first-order chi connectivity index (χ1) is 15.7. The first-order valence-corrected chi connectivity index (χ1v) is 14.4. The van der Waals surface area contributed by atoms with E-state index in [9.17, 15) is 0 Å². The van der Waals surface area contributed by atoms with E-state index in [4.69, 9.17) is 0 Å². The summed E-state index contributed by atoms with van der Waals surface area (Å²) >= 11 is 0. The van der Waals surface area contributed by atoms with Crippen molar-refractivity contribution >= 4 is 0 Å². The maximum Gasteiger partial charge on any atom is 0.0110 e. The van der Waals surface area contributed by atoms with Gasteiger partial charge in [-0.05, 0) is 127 Å². The average Bonchev–Trinajstić information content (AvgIpc) is 3.30. The number of hydrogen-bond acceptors (Lipinski definition) is 5. The quantitative estimate of drug-likeness (QED) is 0.642. The molecule has 4 fully saturated rings. The minimum Gasteiger partial charge on any atom is -0.314 e. The Morgan fingerprint density at radius 2 is 0.636 bits per heavy atom. The van der Waals surface area contributed by atoms with Gasteiger partial charge in [0.2, 0.25) is 0 Å². The van der Waals surface area contributed by atoms with Crippen molar-refractivity contribution in [3.63, 3.8) is 0 Å². The Labute approximate surface area is 208 Å². The van der Waals surface area contributed by atoms with Gasteiger partial charge in [0.15, 0.2) is 0 Å². The van der Waals surface area contributed by atoms with Crippen molar-refractivity contribution in [3.8, 4) is 0 Å². The molecule has 198 valence electrons. The lowest BCUT2D eigenvalue weighted by atomic mass is 10.1. The normalized spacial score (nSPS) is 22.9. The third kappa shape index (κ3) is 14.1. The summed E-state index contributed by atoms with van der Waals surface area (Å²) < 4.78 is 0. The maximum atomic E-state index is 3.33. The smallest absolute Gasteiger partial charge is 0.0110 e. The van der Waals surface area contributed by atoms with E-state index in [2.05, 4.69) is 80.3 Å². The van der Waals surface area contributed by atoms with Gasteiger partial charge in [0.05, 0.1) is 0 Å². The van der Waals surface area contributed by atoms with Gasteiger partial charge in [-0.1, -0.05) is 6.42 Å². The van der Waals surface area contributed by atoms with Crippen LogP contribution in [-0.4, -0.2) is 109 Å². The highest BCUT2D eigenvalue weighted by molar-refractivity contribution is 4.72. The number of rotatable bonds is 4. The molecule has 0 spiro atoms. The highest BCUT2D eigenvalue weighted by Crippen LogP contribution is 2.11. The Morgan fingerprint density at radius 1 is 0.364 bits per heavy atom. The largest absolute Gasteiger partial charge is 0.314 e. The number of hydrogen-bond donors (Lipinski definition) is 1. The molecular weight excluding hydrogens is 406 g/mol. The Morgan fingerprint density at radius 3 is 0.848 bits per heavy atom. The summed E-state index contributed by atoms with van der Waals surface area (Å²) in [7, 11) is 0. The molecule has 5 nitrogen and oxygen atoms in total. The van der Waals surface area contributed by atoms with Gasteiger partial charge in [-0.15, -0.1) is 0 Å². The van der Waals surface area contributed by atoms with Gasteiger partial charge in [-0.3, -0.25) is 4.90 Å². The van der Waals surface area contributed by atoms with Crippen molar-refractivity contribution in [1.82, 2.24) is 24.9 Å². The Balaban J connectivity index is 0.000000221. The van der Waals surface area contributed by atoms with Crippen molar-refractivity contribution in [1.29, 1.82) is 0 Å². The molecule has 4 rings (SSSR count). The van der Waals surface area contributed by atoms with Gasteiger partial charge in [0.25, 0.3) is 0 Å². The molecule has 4 heterocycles. The van der Waals surface area contributed by atoms with Crippen LogP contribution in [0.1, 0.15) is 93.9 Å². The third-order valence-corrected chi connectivity index (χ3v) is 7.49. The van der Waals surface area contributed by atoms with Crippen LogP contribution in [0.5, 0.6) is 0 Å². The van der Waals surface area contributed by atoms with Crippen LogP contribution in [0.4, 0.5) is 0 Å². The topological polar surface area (TPSA) is 25.0 Å². The summed E-state index contributed by atoms with van der Waals surface area (Å²) in [5.41, 5.74) is 0. The molecule has 0 bridgehead atoms. The molecule has 5 heteroatoms. The second-order valence-corrected chi connectivity index (χ2v) is 11.4. The van der Waals surface area contributed by atoms with E-state index in [-0.39, 0.29) is 0 Å². The van der Waals surface area contributed by atoms with Gasteiger partial charge in [-0.2, -0.15) is 0 Å². The molecule has 4 aliphatic heterocycles. The van der Waals surface area contributed by atoms with Gasteiger partial charge >= 0.3 is 0 Å². The van der Waals surface area contributed by atoms with Crippen LogP contribution in [0.25, 0.3) is 0 Å². The number of piperazine rings is 1.